The lowest BCUT2D eigenvalue weighted by atomic mass is 10.3. The van der Waals surface area contributed by atoms with Crippen molar-refractivity contribution in [2.75, 3.05) is 13.2 Å². The van der Waals surface area contributed by atoms with E-state index in [1.54, 1.807) is 0 Å². The Morgan fingerprint density at radius 2 is 1.17 bits per heavy atom. The van der Waals surface area contributed by atoms with Gasteiger partial charge in [0.2, 0.25) is 0 Å². The van der Waals surface area contributed by atoms with Crippen LogP contribution in [0.4, 0.5) is 0 Å². The number of carbonyl (C=O) groups is 1. The maximum Gasteiger partial charge on any atom is 0.154 e. The van der Waals surface area contributed by atoms with Crippen molar-refractivity contribution in [1.29, 1.82) is 0 Å². The minimum Gasteiger partial charge on any atom is -0.353 e. The Morgan fingerprint density at radius 3 is 1.28 bits per heavy atom. The molecule has 0 rings (SSSR count). The monoisotopic (exact) mass is 262 g/mol. The Bertz CT molecular complexity index is 133. The van der Waals surface area contributed by atoms with Crippen molar-refractivity contribution in [3.8, 4) is 0 Å². The van der Waals surface area contributed by atoms with Crippen LogP contribution in [0.5, 0.6) is 0 Å². The number of carbonyl (C=O) groups excluding carboxylic acids is 1. The van der Waals surface area contributed by atoms with E-state index in [2.05, 4.69) is 13.8 Å². The van der Waals surface area contributed by atoms with E-state index in [9.17, 15) is 4.79 Å². The fourth-order valence-electron chi connectivity index (χ4n) is 0.768. The zero-order chi connectivity index (χ0) is 14.8. The summed E-state index contributed by atoms with van der Waals surface area (Å²) in [4.78, 5) is 10.2. The SMILES string of the molecule is CCC(=O)CC.CCCC.CCOC(C)OCC. The van der Waals surface area contributed by atoms with Crippen LogP contribution in [-0.2, 0) is 14.3 Å². The number of hydrogen-bond acceptors (Lipinski definition) is 3. The molecule has 0 heterocycles. The van der Waals surface area contributed by atoms with Gasteiger partial charge in [0.15, 0.2) is 6.29 Å². The molecule has 112 valence electrons. The van der Waals surface area contributed by atoms with E-state index in [0.717, 1.165) is 13.2 Å². The van der Waals surface area contributed by atoms with Crippen molar-refractivity contribution in [3.05, 3.63) is 0 Å². The maximum atomic E-state index is 10.2. The summed E-state index contributed by atoms with van der Waals surface area (Å²) in [5.41, 5.74) is 0. The first-order valence-corrected chi connectivity index (χ1v) is 7.28. The first-order valence-electron chi connectivity index (χ1n) is 7.28. The van der Waals surface area contributed by atoms with Crippen LogP contribution in [0.15, 0.2) is 0 Å². The first-order chi connectivity index (χ1) is 8.53. The number of ketones is 1. The van der Waals surface area contributed by atoms with Gasteiger partial charge < -0.3 is 9.47 Å². The van der Waals surface area contributed by atoms with Gasteiger partial charge in [0.1, 0.15) is 5.78 Å². The molecule has 0 unspecified atom stereocenters. The van der Waals surface area contributed by atoms with E-state index in [0.29, 0.717) is 18.6 Å². The van der Waals surface area contributed by atoms with Crippen molar-refractivity contribution in [2.24, 2.45) is 0 Å². The molecular formula is C15H34O3. The molecule has 0 aliphatic carbocycles. The van der Waals surface area contributed by atoms with E-state index in [1.807, 2.05) is 34.6 Å². The van der Waals surface area contributed by atoms with E-state index in [-0.39, 0.29) is 6.29 Å². The second-order valence-corrected chi connectivity index (χ2v) is 3.72. The van der Waals surface area contributed by atoms with Gasteiger partial charge >= 0.3 is 0 Å². The molecule has 0 aromatic carbocycles. The Balaban J connectivity index is -0.000000200. The summed E-state index contributed by atoms with van der Waals surface area (Å²) < 4.78 is 10.1. The van der Waals surface area contributed by atoms with E-state index >= 15 is 0 Å². The quantitative estimate of drug-likeness (QED) is 0.630. The highest BCUT2D eigenvalue weighted by molar-refractivity contribution is 5.77. The Morgan fingerprint density at radius 1 is 0.833 bits per heavy atom. The second-order valence-electron chi connectivity index (χ2n) is 3.72. The summed E-state index contributed by atoms with van der Waals surface area (Å²) in [6, 6.07) is 0. The summed E-state index contributed by atoms with van der Waals surface area (Å²) in [5, 5.41) is 0. The largest absolute Gasteiger partial charge is 0.353 e. The average molecular weight is 262 g/mol. The van der Waals surface area contributed by atoms with Crippen LogP contribution in [0.25, 0.3) is 0 Å². The molecule has 0 saturated carbocycles. The smallest absolute Gasteiger partial charge is 0.154 e. The van der Waals surface area contributed by atoms with Crippen molar-refractivity contribution in [1.82, 2.24) is 0 Å². The van der Waals surface area contributed by atoms with Crippen molar-refractivity contribution < 1.29 is 14.3 Å². The van der Waals surface area contributed by atoms with E-state index in [1.165, 1.54) is 12.8 Å². The van der Waals surface area contributed by atoms with Crippen molar-refractivity contribution in [3.63, 3.8) is 0 Å². The van der Waals surface area contributed by atoms with E-state index in [4.69, 9.17) is 9.47 Å². The summed E-state index contributed by atoms with van der Waals surface area (Å²) in [7, 11) is 0. The minimum absolute atomic E-state index is 0.0370. The third-order valence-corrected chi connectivity index (χ3v) is 2.09. The predicted molar refractivity (Wildman–Crippen MR) is 78.9 cm³/mol. The van der Waals surface area contributed by atoms with Gasteiger partial charge in [0.25, 0.3) is 0 Å². The summed E-state index contributed by atoms with van der Waals surface area (Å²) >= 11 is 0. The summed E-state index contributed by atoms with van der Waals surface area (Å²) in [6.45, 7) is 15.4. The van der Waals surface area contributed by atoms with Gasteiger partial charge in [-0.05, 0) is 20.8 Å². The molecule has 3 nitrogen and oxygen atoms in total. The molecule has 0 aromatic rings. The van der Waals surface area contributed by atoms with Gasteiger partial charge in [-0.25, -0.2) is 0 Å². The molecule has 0 radical (unpaired) electrons. The average Bonchev–Trinajstić information content (AvgIpc) is 2.39. The van der Waals surface area contributed by atoms with Gasteiger partial charge in [-0.3, -0.25) is 4.79 Å². The fraction of sp³-hybridized carbons (Fsp3) is 0.933. The third-order valence-electron chi connectivity index (χ3n) is 2.09. The molecule has 0 atom stereocenters. The third kappa shape index (κ3) is 29.6. The number of Topliss-reactive ketones (excluding diaryl/α,β-unsaturated/α-hetero) is 1. The lowest BCUT2D eigenvalue weighted by Crippen LogP contribution is -2.11. The van der Waals surface area contributed by atoms with Crippen LogP contribution >= 0.6 is 0 Å². The number of ether oxygens (including phenoxy) is 2. The molecule has 0 N–H and O–H groups in total. The molecule has 0 aliphatic heterocycles. The molecule has 0 spiro atoms. The Hall–Kier alpha value is -0.410. The molecule has 3 heteroatoms. The van der Waals surface area contributed by atoms with Gasteiger partial charge in [-0.2, -0.15) is 0 Å². The summed E-state index contributed by atoms with van der Waals surface area (Å²) in [5.74, 6) is 0.343. The fourth-order valence-corrected chi connectivity index (χ4v) is 0.768. The zero-order valence-electron chi connectivity index (χ0n) is 13.5. The zero-order valence-corrected chi connectivity index (χ0v) is 13.5. The standard InChI is InChI=1S/C6H14O2.C5H10O.C4H10/c1-4-7-6(3)8-5-2;1-3-5(6)4-2;1-3-4-2/h6H,4-5H2,1-3H3;3-4H2,1-2H3;3-4H2,1-2H3. The molecule has 0 bridgehead atoms. The van der Waals surface area contributed by atoms with Crippen molar-refractivity contribution >= 4 is 5.78 Å². The van der Waals surface area contributed by atoms with Crippen LogP contribution < -0.4 is 0 Å². The summed E-state index contributed by atoms with van der Waals surface area (Å²) in [6.07, 6.45) is 3.98. The number of unbranched alkanes of at least 4 members (excludes halogenated alkanes) is 1. The van der Waals surface area contributed by atoms with Crippen LogP contribution in [-0.4, -0.2) is 25.3 Å². The Kier molecular flexibility index (Phi) is 27.6. The maximum absolute atomic E-state index is 10.2. The topological polar surface area (TPSA) is 35.5 Å². The minimum atomic E-state index is -0.0370. The normalized spacial score (nSPS) is 9.11. The number of rotatable bonds is 7. The first kappa shape index (κ1) is 22.7. The highest BCUT2D eigenvalue weighted by Gasteiger charge is 1.94. The molecule has 0 aromatic heterocycles. The molecule has 0 fully saturated rings. The van der Waals surface area contributed by atoms with Crippen LogP contribution in [0, 0.1) is 0 Å². The molecular weight excluding hydrogens is 228 g/mol. The van der Waals surface area contributed by atoms with Crippen molar-refractivity contribution in [2.45, 2.75) is 80.4 Å². The molecule has 0 saturated heterocycles. The lowest BCUT2D eigenvalue weighted by Gasteiger charge is -2.09. The van der Waals surface area contributed by atoms with Gasteiger partial charge in [0, 0.05) is 26.1 Å². The highest BCUT2D eigenvalue weighted by Crippen LogP contribution is 1.90. The lowest BCUT2D eigenvalue weighted by molar-refractivity contribution is -0.123. The Labute approximate surface area is 114 Å². The van der Waals surface area contributed by atoms with Gasteiger partial charge in [0.05, 0.1) is 0 Å². The van der Waals surface area contributed by atoms with Gasteiger partial charge in [-0.15, -0.1) is 0 Å². The van der Waals surface area contributed by atoms with E-state index < -0.39 is 0 Å². The molecule has 0 aliphatic rings. The molecule has 0 amide bonds. The van der Waals surface area contributed by atoms with Gasteiger partial charge in [-0.1, -0.05) is 40.5 Å². The number of hydrogen-bond donors (Lipinski definition) is 0. The molecule has 18 heavy (non-hydrogen) atoms. The van der Waals surface area contributed by atoms with Crippen LogP contribution in [0.3, 0.4) is 0 Å². The van der Waals surface area contributed by atoms with Crippen LogP contribution in [0.2, 0.25) is 0 Å². The van der Waals surface area contributed by atoms with Crippen LogP contribution in [0.1, 0.15) is 74.1 Å². The predicted octanol–water partition coefficient (Wildman–Crippen LogP) is 4.59. The highest BCUT2D eigenvalue weighted by atomic mass is 16.7. The second kappa shape index (κ2) is 21.8.